The first-order chi connectivity index (χ1) is 23.1. The molecule has 1 fully saturated rings. The van der Waals surface area contributed by atoms with Crippen molar-refractivity contribution in [2.24, 2.45) is 17.8 Å². The number of imide groups is 1. The summed E-state index contributed by atoms with van der Waals surface area (Å²) in [5.74, 6) is -4.10. The van der Waals surface area contributed by atoms with E-state index in [1.165, 1.54) is 24.3 Å². The summed E-state index contributed by atoms with van der Waals surface area (Å²) in [7, 11) is 0. The molecule has 8 nitrogen and oxygen atoms in total. The Balaban J connectivity index is 1.07. The Kier molecular flexibility index (Phi) is 8.03. The van der Waals surface area contributed by atoms with Crippen molar-refractivity contribution < 1.29 is 33.4 Å². The molecule has 48 heavy (non-hydrogen) atoms. The number of likely N-dealkylation sites (tertiary alicyclic amines) is 1. The lowest BCUT2D eigenvalue weighted by Crippen LogP contribution is -2.47. The van der Waals surface area contributed by atoms with E-state index in [2.05, 4.69) is 0 Å². The van der Waals surface area contributed by atoms with E-state index < -0.39 is 42.2 Å². The number of Topliss-reactive ketones (excluding diaryl/α,β-unsaturated/α-hetero) is 1. The molecular weight excluding hydrogens is 606 g/mol. The minimum absolute atomic E-state index is 0.0391. The van der Waals surface area contributed by atoms with E-state index in [0.29, 0.717) is 5.56 Å². The maximum Gasteiger partial charge on any atom is 0.343 e. The summed E-state index contributed by atoms with van der Waals surface area (Å²) >= 11 is 0. The lowest BCUT2D eigenvalue weighted by molar-refractivity contribution is -0.158. The molecular formula is C40H35NO7. The van der Waals surface area contributed by atoms with Crippen molar-refractivity contribution in [1.29, 1.82) is 0 Å². The molecule has 1 aliphatic heterocycles. The maximum atomic E-state index is 14.3. The molecule has 4 aliphatic rings. The second-order valence-corrected chi connectivity index (χ2v) is 13.3. The van der Waals surface area contributed by atoms with Gasteiger partial charge in [0.25, 0.3) is 0 Å². The predicted octanol–water partition coefficient (Wildman–Crippen LogP) is 6.25. The number of rotatable bonds is 9. The Morgan fingerprint density at radius 2 is 1.17 bits per heavy atom. The third-order valence-corrected chi connectivity index (χ3v) is 9.78. The van der Waals surface area contributed by atoms with E-state index in [-0.39, 0.29) is 47.3 Å². The van der Waals surface area contributed by atoms with Crippen molar-refractivity contribution in [1.82, 2.24) is 4.90 Å². The monoisotopic (exact) mass is 641 g/mol. The third-order valence-electron chi connectivity index (χ3n) is 9.78. The van der Waals surface area contributed by atoms with Gasteiger partial charge in [-0.15, -0.1) is 0 Å². The Labute approximate surface area is 278 Å². The molecule has 4 aromatic rings. The molecule has 3 aliphatic carbocycles. The molecule has 3 atom stereocenters. The van der Waals surface area contributed by atoms with Crippen LogP contribution in [0.2, 0.25) is 0 Å². The standard InChI is InChI=1S/C40H35NO7/c1-22(2)20-31(40(46)47-21-32(42)24-16-18-26(19-17-24)48-39(45)25-14-12-23(3)13-15-25)41-37(43)35-33-27-8-4-5-9-28(27)34(36(35)38(41)44)30-11-7-6-10-29(30)33/h4-19,22,31,33-36H,20-21H2,1-3H3. The van der Waals surface area contributed by atoms with Gasteiger partial charge in [-0.3, -0.25) is 19.3 Å². The predicted molar refractivity (Wildman–Crippen MR) is 177 cm³/mol. The minimum Gasteiger partial charge on any atom is -0.456 e. The number of ether oxygens (including phenoxy) is 2. The van der Waals surface area contributed by atoms with Crippen molar-refractivity contribution in [2.45, 2.75) is 45.1 Å². The van der Waals surface area contributed by atoms with Gasteiger partial charge in [0.1, 0.15) is 11.8 Å². The molecule has 2 amide bonds. The average molecular weight is 642 g/mol. The fourth-order valence-electron chi connectivity index (χ4n) is 7.64. The van der Waals surface area contributed by atoms with Crippen LogP contribution in [0.3, 0.4) is 0 Å². The van der Waals surface area contributed by atoms with Gasteiger partial charge in [-0.1, -0.05) is 80.1 Å². The number of benzene rings is 4. The lowest BCUT2D eigenvalue weighted by Gasteiger charge is -2.45. The summed E-state index contributed by atoms with van der Waals surface area (Å²) < 4.78 is 10.9. The van der Waals surface area contributed by atoms with E-state index in [0.717, 1.165) is 32.7 Å². The Bertz CT molecular complexity index is 1830. The lowest BCUT2D eigenvalue weighted by atomic mass is 9.55. The summed E-state index contributed by atoms with van der Waals surface area (Å²) in [5.41, 5.74) is 5.88. The van der Waals surface area contributed by atoms with Crippen molar-refractivity contribution in [3.05, 3.63) is 136 Å². The Morgan fingerprint density at radius 3 is 1.65 bits per heavy atom. The largest absolute Gasteiger partial charge is 0.456 e. The molecule has 0 radical (unpaired) electrons. The van der Waals surface area contributed by atoms with Gasteiger partial charge < -0.3 is 9.47 Å². The first kappa shape index (κ1) is 31.2. The van der Waals surface area contributed by atoms with Crippen LogP contribution >= 0.6 is 0 Å². The number of ketones is 1. The van der Waals surface area contributed by atoms with Gasteiger partial charge in [0.05, 0.1) is 17.4 Å². The average Bonchev–Trinajstić information content (AvgIpc) is 3.36. The molecule has 1 heterocycles. The van der Waals surface area contributed by atoms with Crippen LogP contribution in [0.15, 0.2) is 97.1 Å². The molecule has 8 rings (SSSR count). The first-order valence-corrected chi connectivity index (χ1v) is 16.3. The van der Waals surface area contributed by atoms with Crippen LogP contribution in [0.4, 0.5) is 0 Å². The first-order valence-electron chi connectivity index (χ1n) is 16.3. The van der Waals surface area contributed by atoms with Crippen molar-refractivity contribution in [2.75, 3.05) is 6.61 Å². The summed E-state index contributed by atoms with van der Waals surface area (Å²) in [6, 6.07) is 27.8. The minimum atomic E-state index is -1.16. The highest BCUT2D eigenvalue weighted by molar-refractivity contribution is 6.10. The molecule has 0 saturated carbocycles. The number of hydrogen-bond donors (Lipinski definition) is 0. The summed E-state index contributed by atoms with van der Waals surface area (Å²) in [6.45, 7) is 5.17. The Morgan fingerprint density at radius 1 is 0.688 bits per heavy atom. The molecule has 2 bridgehead atoms. The second kappa shape index (κ2) is 12.3. The topological polar surface area (TPSA) is 107 Å². The summed E-state index contributed by atoms with van der Waals surface area (Å²) in [6.07, 6.45) is 0.209. The van der Waals surface area contributed by atoms with Gasteiger partial charge in [0, 0.05) is 17.4 Å². The van der Waals surface area contributed by atoms with Crippen LogP contribution in [-0.2, 0) is 19.1 Å². The molecule has 8 heteroatoms. The SMILES string of the molecule is Cc1ccc(C(=O)Oc2ccc(C(=O)COC(=O)C(CC(C)C)N3C(=O)C4C5c6ccccc6C(c6ccccc65)C4C3=O)cc2)cc1. The quantitative estimate of drug-likeness (QED) is 0.0921. The van der Waals surface area contributed by atoms with Crippen molar-refractivity contribution >= 4 is 29.5 Å². The van der Waals surface area contributed by atoms with Crippen LogP contribution in [-0.4, -0.2) is 47.1 Å². The normalized spacial score (nSPS) is 21.0. The second-order valence-electron chi connectivity index (χ2n) is 13.3. The number of amides is 2. The van der Waals surface area contributed by atoms with E-state index in [1.54, 1.807) is 12.1 Å². The highest BCUT2D eigenvalue weighted by atomic mass is 16.5. The molecule has 3 unspecified atom stereocenters. The number of esters is 2. The van der Waals surface area contributed by atoms with Gasteiger partial charge >= 0.3 is 11.9 Å². The third kappa shape index (κ3) is 5.31. The smallest absolute Gasteiger partial charge is 0.343 e. The highest BCUT2D eigenvalue weighted by Crippen LogP contribution is 2.61. The zero-order chi connectivity index (χ0) is 33.7. The van der Waals surface area contributed by atoms with Gasteiger partial charge in [0.2, 0.25) is 11.8 Å². The van der Waals surface area contributed by atoms with Crippen LogP contribution in [0.1, 0.15) is 80.6 Å². The number of hydrogen-bond acceptors (Lipinski definition) is 7. The molecule has 1 saturated heterocycles. The molecule has 0 spiro atoms. The van der Waals surface area contributed by atoms with Crippen molar-refractivity contribution in [3.63, 3.8) is 0 Å². The molecule has 4 aromatic carbocycles. The van der Waals surface area contributed by atoms with Crippen LogP contribution < -0.4 is 4.74 Å². The van der Waals surface area contributed by atoms with E-state index in [1.807, 2.05) is 81.4 Å². The molecule has 242 valence electrons. The summed E-state index contributed by atoms with van der Waals surface area (Å²) in [4.78, 5) is 68.8. The van der Waals surface area contributed by atoms with Crippen LogP contribution in [0, 0.1) is 24.7 Å². The van der Waals surface area contributed by atoms with Gasteiger partial charge in [-0.25, -0.2) is 9.59 Å². The van der Waals surface area contributed by atoms with Gasteiger partial charge in [-0.05, 0) is 77.9 Å². The van der Waals surface area contributed by atoms with Gasteiger partial charge in [-0.2, -0.15) is 0 Å². The zero-order valence-corrected chi connectivity index (χ0v) is 26.9. The number of aryl methyl sites for hydroxylation is 1. The van der Waals surface area contributed by atoms with Crippen LogP contribution in [0.25, 0.3) is 0 Å². The van der Waals surface area contributed by atoms with Crippen LogP contribution in [0.5, 0.6) is 5.75 Å². The van der Waals surface area contributed by atoms with Gasteiger partial charge in [0.15, 0.2) is 12.4 Å². The van der Waals surface area contributed by atoms with Crippen molar-refractivity contribution in [3.8, 4) is 5.75 Å². The fraction of sp³-hybridized carbons (Fsp3) is 0.275. The van der Waals surface area contributed by atoms with E-state index in [4.69, 9.17) is 9.47 Å². The highest BCUT2D eigenvalue weighted by Gasteiger charge is 2.63. The Hall–Kier alpha value is -5.37. The fourth-order valence-corrected chi connectivity index (χ4v) is 7.64. The number of carbonyl (C=O) groups is 5. The molecule has 0 N–H and O–H groups in total. The van der Waals surface area contributed by atoms with E-state index in [9.17, 15) is 24.0 Å². The van der Waals surface area contributed by atoms with E-state index >= 15 is 0 Å². The molecule has 0 aromatic heterocycles. The number of carbonyl (C=O) groups excluding carboxylic acids is 5. The number of nitrogens with zero attached hydrogens (tertiary/aromatic N) is 1. The summed E-state index contributed by atoms with van der Waals surface area (Å²) in [5, 5.41) is 0. The zero-order valence-electron chi connectivity index (χ0n) is 26.9. The maximum absolute atomic E-state index is 14.3.